The van der Waals surface area contributed by atoms with Gasteiger partial charge in [0.25, 0.3) is 0 Å². The summed E-state index contributed by atoms with van der Waals surface area (Å²) in [4.78, 5) is 31.5. The summed E-state index contributed by atoms with van der Waals surface area (Å²) in [6.45, 7) is 8.66. The van der Waals surface area contributed by atoms with Crippen molar-refractivity contribution in [1.82, 2.24) is 34.7 Å². The average molecular weight is 542 g/mol. The first-order valence-electron chi connectivity index (χ1n) is 14.5. The summed E-state index contributed by atoms with van der Waals surface area (Å²) >= 11 is 0. The van der Waals surface area contributed by atoms with Crippen molar-refractivity contribution in [2.75, 3.05) is 0 Å². The van der Waals surface area contributed by atoms with Gasteiger partial charge in [0.1, 0.15) is 5.78 Å². The maximum absolute atomic E-state index is 14.3. The van der Waals surface area contributed by atoms with E-state index < -0.39 is 0 Å². The molecule has 3 atom stereocenters. The molecule has 1 aliphatic carbocycles. The van der Waals surface area contributed by atoms with Crippen LogP contribution in [0.5, 0.6) is 0 Å². The van der Waals surface area contributed by atoms with Crippen molar-refractivity contribution in [3.63, 3.8) is 0 Å². The molecule has 40 heavy (non-hydrogen) atoms. The lowest BCUT2D eigenvalue weighted by molar-refractivity contribution is -0.124. The van der Waals surface area contributed by atoms with Crippen molar-refractivity contribution >= 4 is 5.78 Å². The second-order valence-corrected chi connectivity index (χ2v) is 11.4. The first-order chi connectivity index (χ1) is 19.4. The van der Waals surface area contributed by atoms with E-state index in [0.717, 1.165) is 66.5 Å². The van der Waals surface area contributed by atoms with E-state index in [1.165, 1.54) is 0 Å². The van der Waals surface area contributed by atoms with Crippen molar-refractivity contribution in [2.24, 2.45) is 17.8 Å². The lowest BCUT2D eigenvalue weighted by Gasteiger charge is -2.39. The number of hydrogen-bond donors (Lipinski definition) is 1. The number of unbranched alkanes of at least 4 members (excludes halogenated alkanes) is 1. The van der Waals surface area contributed by atoms with Gasteiger partial charge in [0.2, 0.25) is 5.82 Å². The summed E-state index contributed by atoms with van der Waals surface area (Å²) in [6, 6.07) is 9.79. The number of ketones is 1. The molecule has 0 radical (unpaired) electrons. The molecule has 0 bridgehead atoms. The summed E-state index contributed by atoms with van der Waals surface area (Å²) < 4.78 is 3.81. The van der Waals surface area contributed by atoms with Gasteiger partial charge in [0, 0.05) is 35.8 Å². The highest BCUT2D eigenvalue weighted by Gasteiger charge is 2.39. The number of aromatic nitrogens is 7. The van der Waals surface area contributed by atoms with Crippen LogP contribution in [0.15, 0.2) is 53.7 Å². The van der Waals surface area contributed by atoms with Crippen LogP contribution in [0.2, 0.25) is 0 Å². The molecule has 210 valence electrons. The van der Waals surface area contributed by atoms with Crippen LogP contribution in [0.25, 0.3) is 22.5 Å². The predicted molar refractivity (Wildman–Crippen MR) is 155 cm³/mol. The monoisotopic (exact) mass is 541 g/mol. The highest BCUT2D eigenvalue weighted by Crippen LogP contribution is 2.42. The second kappa shape index (κ2) is 12.1. The zero-order valence-corrected chi connectivity index (χ0v) is 23.9. The Kier molecular flexibility index (Phi) is 8.38. The number of benzene rings is 1. The smallest absolute Gasteiger partial charge is 0.300 e. The Morgan fingerprint density at radius 3 is 2.62 bits per heavy atom. The number of tetrazole rings is 1. The number of carbonyl (C=O) groups excluding carboxylic acids is 1. The summed E-state index contributed by atoms with van der Waals surface area (Å²) in [7, 11) is 0. The van der Waals surface area contributed by atoms with Gasteiger partial charge in [-0.05, 0) is 72.4 Å². The lowest BCUT2D eigenvalue weighted by Crippen LogP contribution is -2.41. The zero-order valence-electron chi connectivity index (χ0n) is 23.9. The number of carbonyl (C=O) groups is 1. The van der Waals surface area contributed by atoms with Crippen molar-refractivity contribution in [2.45, 2.75) is 78.8 Å². The van der Waals surface area contributed by atoms with E-state index in [0.29, 0.717) is 18.3 Å². The molecular formula is C31H39N7O2. The van der Waals surface area contributed by atoms with Crippen LogP contribution in [0, 0.1) is 17.8 Å². The third kappa shape index (κ3) is 5.42. The Bertz CT molecular complexity index is 1500. The molecule has 1 saturated carbocycles. The van der Waals surface area contributed by atoms with E-state index in [-0.39, 0.29) is 29.4 Å². The maximum Gasteiger partial charge on any atom is 0.328 e. The lowest BCUT2D eigenvalue weighted by atomic mass is 9.71. The molecule has 0 aliphatic heterocycles. The third-order valence-corrected chi connectivity index (χ3v) is 8.51. The minimum absolute atomic E-state index is 0.0452. The Balaban J connectivity index is 1.61. The van der Waals surface area contributed by atoms with Crippen molar-refractivity contribution in [3.8, 4) is 22.5 Å². The van der Waals surface area contributed by atoms with Crippen molar-refractivity contribution in [3.05, 3.63) is 70.7 Å². The number of aryl methyl sites for hydroxylation is 1. The molecule has 0 amide bonds. The molecule has 1 fully saturated rings. The molecule has 4 aromatic rings. The topological polar surface area (TPSA) is 111 Å². The fraction of sp³-hybridized carbons (Fsp3) is 0.484. The number of Topliss-reactive ketones (excluding diaryl/α,β-unsaturated/α-hetero) is 1. The summed E-state index contributed by atoms with van der Waals surface area (Å²) in [5, 5.41) is 14.7. The van der Waals surface area contributed by atoms with Gasteiger partial charge in [0.15, 0.2) is 0 Å². The average Bonchev–Trinajstić information content (AvgIpc) is 3.60. The molecule has 9 nitrogen and oxygen atoms in total. The highest BCUT2D eigenvalue weighted by atomic mass is 16.2. The van der Waals surface area contributed by atoms with E-state index in [4.69, 9.17) is 0 Å². The molecule has 9 heteroatoms. The first kappa shape index (κ1) is 27.7. The van der Waals surface area contributed by atoms with Crippen LogP contribution in [0.3, 0.4) is 0 Å². The standard InChI is InChI=1S/C31H39N7O2/c1-5-6-10-23-19-38(29-24(20(2)3)13-9-14-25(29)21(4)39)31(40)37(23)18-22-17-32-16-15-26(22)27-11-7-8-12-28(27)30-33-35-36-34-30/h7-8,11-12,15-17,19-20,24-25,29H,5-6,9-10,13-14,18H2,1-4H3,(H,33,34,35,36). The van der Waals surface area contributed by atoms with Gasteiger partial charge in [0.05, 0.1) is 12.6 Å². The number of rotatable bonds is 10. The zero-order chi connectivity index (χ0) is 28.2. The van der Waals surface area contributed by atoms with Gasteiger partial charge < -0.3 is 0 Å². The molecule has 1 aromatic carbocycles. The van der Waals surface area contributed by atoms with E-state index >= 15 is 0 Å². The molecule has 0 saturated heterocycles. The molecule has 0 spiro atoms. The normalized spacial score (nSPS) is 19.3. The first-order valence-corrected chi connectivity index (χ1v) is 14.5. The molecule has 1 aliphatic rings. The van der Waals surface area contributed by atoms with Crippen LogP contribution in [-0.4, -0.2) is 40.5 Å². The third-order valence-electron chi connectivity index (χ3n) is 8.51. The van der Waals surface area contributed by atoms with Gasteiger partial charge in [-0.2, -0.15) is 5.21 Å². The minimum Gasteiger partial charge on any atom is -0.300 e. The fourth-order valence-electron chi connectivity index (χ4n) is 6.45. The number of imidazole rings is 1. The van der Waals surface area contributed by atoms with Crippen molar-refractivity contribution < 1.29 is 4.79 Å². The minimum atomic E-state index is -0.135. The number of nitrogens with one attached hydrogen (secondary N) is 1. The molecule has 3 heterocycles. The van der Waals surface area contributed by atoms with Gasteiger partial charge in [-0.3, -0.25) is 18.9 Å². The van der Waals surface area contributed by atoms with Crippen LogP contribution in [0.1, 0.15) is 77.1 Å². The number of hydrogen-bond acceptors (Lipinski definition) is 6. The second-order valence-electron chi connectivity index (χ2n) is 11.4. The highest BCUT2D eigenvalue weighted by molar-refractivity contribution is 5.82. The van der Waals surface area contributed by atoms with Crippen LogP contribution < -0.4 is 5.69 Å². The SMILES string of the molecule is CCCCc1cn(C2C(C(C)=O)CCCC2C(C)C)c(=O)n1Cc1cnccc1-c1ccccc1-c1nn[nH]n1. The van der Waals surface area contributed by atoms with E-state index in [9.17, 15) is 9.59 Å². The van der Waals surface area contributed by atoms with E-state index in [2.05, 4.69) is 46.4 Å². The molecule has 3 aromatic heterocycles. The molecular weight excluding hydrogens is 502 g/mol. The predicted octanol–water partition coefficient (Wildman–Crippen LogP) is 5.49. The molecule has 3 unspecified atom stereocenters. The van der Waals surface area contributed by atoms with Gasteiger partial charge in [-0.15, -0.1) is 10.2 Å². The van der Waals surface area contributed by atoms with Crippen LogP contribution >= 0.6 is 0 Å². The van der Waals surface area contributed by atoms with Gasteiger partial charge in [-0.25, -0.2) is 4.79 Å². The van der Waals surface area contributed by atoms with E-state index in [1.54, 1.807) is 13.1 Å². The van der Waals surface area contributed by atoms with Gasteiger partial charge in [-0.1, -0.05) is 57.9 Å². The Morgan fingerprint density at radius 1 is 1.12 bits per heavy atom. The van der Waals surface area contributed by atoms with E-state index in [1.807, 2.05) is 51.9 Å². The Morgan fingerprint density at radius 2 is 1.93 bits per heavy atom. The summed E-state index contributed by atoms with van der Waals surface area (Å²) in [6.07, 6.45) is 11.4. The fourth-order valence-corrected chi connectivity index (χ4v) is 6.45. The van der Waals surface area contributed by atoms with Gasteiger partial charge >= 0.3 is 5.69 Å². The quantitative estimate of drug-likeness (QED) is 0.284. The van der Waals surface area contributed by atoms with Crippen molar-refractivity contribution in [1.29, 1.82) is 0 Å². The number of aromatic amines is 1. The van der Waals surface area contributed by atoms with Crippen LogP contribution in [0.4, 0.5) is 0 Å². The molecule has 1 N–H and O–H groups in total. The summed E-state index contributed by atoms with van der Waals surface area (Å²) in [5.74, 6) is 1.22. The Hall–Kier alpha value is -3.88. The largest absolute Gasteiger partial charge is 0.328 e. The summed E-state index contributed by atoms with van der Waals surface area (Å²) in [5.41, 5.74) is 4.66. The van der Waals surface area contributed by atoms with Crippen LogP contribution in [-0.2, 0) is 17.8 Å². The number of pyridine rings is 1. The Labute approximate surface area is 235 Å². The molecule has 5 rings (SSSR count). The maximum atomic E-state index is 14.3. The number of nitrogens with zero attached hydrogens (tertiary/aromatic N) is 6. The number of H-pyrrole nitrogens is 1.